The number of rotatable bonds is 5. The molecular weight excluding hydrogens is 336 g/mol. The molecule has 2 heterocycles. The molecule has 0 aliphatic carbocycles. The van der Waals surface area contributed by atoms with Crippen LogP contribution in [0.3, 0.4) is 0 Å². The molecule has 26 heavy (non-hydrogen) atoms. The second kappa shape index (κ2) is 8.39. The molecule has 1 amide bonds. The van der Waals surface area contributed by atoms with Crippen molar-refractivity contribution in [2.75, 3.05) is 38.2 Å². The van der Waals surface area contributed by atoms with Crippen molar-refractivity contribution in [1.82, 2.24) is 14.9 Å². The second-order valence-corrected chi connectivity index (χ2v) is 5.58. The van der Waals surface area contributed by atoms with E-state index in [4.69, 9.17) is 9.47 Å². The highest BCUT2D eigenvalue weighted by Crippen LogP contribution is 2.20. The van der Waals surface area contributed by atoms with Gasteiger partial charge in [-0.25, -0.2) is 14.8 Å². The van der Waals surface area contributed by atoms with Crippen molar-refractivity contribution in [3.63, 3.8) is 0 Å². The van der Waals surface area contributed by atoms with Crippen LogP contribution in [-0.4, -0.2) is 59.7 Å². The number of carbonyl (C=O) groups excluding carboxylic acids is 2. The lowest BCUT2D eigenvalue weighted by Crippen LogP contribution is -2.41. The Morgan fingerprint density at radius 2 is 1.96 bits per heavy atom. The molecule has 0 radical (unpaired) electrons. The van der Waals surface area contributed by atoms with Crippen molar-refractivity contribution in [2.45, 2.75) is 6.92 Å². The van der Waals surface area contributed by atoms with E-state index in [9.17, 15) is 9.59 Å². The van der Waals surface area contributed by atoms with Crippen LogP contribution in [0.25, 0.3) is 0 Å². The summed E-state index contributed by atoms with van der Waals surface area (Å²) in [4.78, 5) is 34.5. The van der Waals surface area contributed by atoms with E-state index in [1.807, 2.05) is 0 Å². The number of nitrogens with zero attached hydrogens (tertiary/aromatic N) is 3. The average molecular weight is 356 g/mol. The maximum Gasteiger partial charge on any atom is 0.340 e. The third-order valence-corrected chi connectivity index (χ3v) is 3.85. The number of hydrogen-bond acceptors (Lipinski definition) is 7. The zero-order valence-corrected chi connectivity index (χ0v) is 14.5. The summed E-state index contributed by atoms with van der Waals surface area (Å²) < 4.78 is 10.3. The quantitative estimate of drug-likeness (QED) is 0.817. The number of para-hydroxylation sites is 1. The minimum Gasteiger partial charge on any atom is -0.462 e. The fourth-order valence-electron chi connectivity index (χ4n) is 2.55. The number of morpholine rings is 1. The molecule has 0 atom stereocenters. The Morgan fingerprint density at radius 3 is 2.65 bits per heavy atom. The van der Waals surface area contributed by atoms with Crippen LogP contribution in [0.2, 0.25) is 0 Å². The zero-order valence-electron chi connectivity index (χ0n) is 14.5. The molecule has 1 saturated heterocycles. The Kier molecular flexibility index (Phi) is 5.75. The first-order chi connectivity index (χ1) is 12.7. The van der Waals surface area contributed by atoms with Gasteiger partial charge in [0.2, 0.25) is 0 Å². The van der Waals surface area contributed by atoms with Gasteiger partial charge in [0.25, 0.3) is 5.91 Å². The topological polar surface area (TPSA) is 93.6 Å². The van der Waals surface area contributed by atoms with Crippen molar-refractivity contribution in [1.29, 1.82) is 0 Å². The first-order valence-electron chi connectivity index (χ1n) is 8.41. The molecule has 0 spiro atoms. The van der Waals surface area contributed by atoms with Gasteiger partial charge in [0, 0.05) is 13.1 Å². The highest BCUT2D eigenvalue weighted by atomic mass is 16.5. The van der Waals surface area contributed by atoms with Crippen molar-refractivity contribution >= 4 is 23.4 Å². The van der Waals surface area contributed by atoms with E-state index in [-0.39, 0.29) is 11.6 Å². The molecule has 1 aromatic carbocycles. The van der Waals surface area contributed by atoms with E-state index in [1.165, 1.54) is 12.4 Å². The van der Waals surface area contributed by atoms with Crippen LogP contribution in [0.1, 0.15) is 27.8 Å². The van der Waals surface area contributed by atoms with Gasteiger partial charge in [-0.1, -0.05) is 12.1 Å². The standard InChI is InChI=1S/C18H20N4O4/c1-2-26-18(24)13-5-3-4-6-14(13)21-16-12-19-15(11-20-16)17(23)22-7-9-25-10-8-22/h3-6,11-12H,2,7-10H2,1H3,(H,20,21). The summed E-state index contributed by atoms with van der Waals surface area (Å²) in [5.74, 6) is -0.151. The minimum atomic E-state index is -0.414. The van der Waals surface area contributed by atoms with Crippen LogP contribution in [0.5, 0.6) is 0 Å². The van der Waals surface area contributed by atoms with Gasteiger partial charge >= 0.3 is 5.97 Å². The molecule has 2 aromatic rings. The molecule has 1 aliphatic rings. The average Bonchev–Trinajstić information content (AvgIpc) is 2.69. The second-order valence-electron chi connectivity index (χ2n) is 5.58. The summed E-state index contributed by atoms with van der Waals surface area (Å²) >= 11 is 0. The predicted octanol–water partition coefficient (Wildman–Crippen LogP) is 1.87. The minimum absolute atomic E-state index is 0.167. The number of benzene rings is 1. The molecule has 1 aromatic heterocycles. The third kappa shape index (κ3) is 4.15. The van der Waals surface area contributed by atoms with Gasteiger partial charge in [-0.15, -0.1) is 0 Å². The lowest BCUT2D eigenvalue weighted by Gasteiger charge is -2.26. The first-order valence-corrected chi connectivity index (χ1v) is 8.41. The molecule has 1 N–H and O–H groups in total. The summed E-state index contributed by atoms with van der Waals surface area (Å²) in [7, 11) is 0. The Hall–Kier alpha value is -3.00. The Bertz CT molecular complexity index is 773. The van der Waals surface area contributed by atoms with E-state index in [0.29, 0.717) is 50.0 Å². The number of nitrogens with one attached hydrogen (secondary N) is 1. The number of hydrogen-bond donors (Lipinski definition) is 1. The maximum absolute atomic E-state index is 12.4. The Labute approximate surface area is 151 Å². The molecule has 0 unspecified atom stereocenters. The van der Waals surface area contributed by atoms with Gasteiger partial charge in [-0.2, -0.15) is 0 Å². The molecule has 0 bridgehead atoms. The van der Waals surface area contributed by atoms with Crippen LogP contribution in [0.15, 0.2) is 36.7 Å². The van der Waals surface area contributed by atoms with Crippen LogP contribution in [-0.2, 0) is 9.47 Å². The zero-order chi connectivity index (χ0) is 18.4. The van der Waals surface area contributed by atoms with Crippen molar-refractivity contribution in [2.24, 2.45) is 0 Å². The maximum atomic E-state index is 12.4. The molecular formula is C18H20N4O4. The Morgan fingerprint density at radius 1 is 1.19 bits per heavy atom. The monoisotopic (exact) mass is 356 g/mol. The number of anilines is 2. The lowest BCUT2D eigenvalue weighted by atomic mass is 10.2. The van der Waals surface area contributed by atoms with Crippen molar-refractivity contribution in [3.05, 3.63) is 47.9 Å². The number of carbonyl (C=O) groups is 2. The largest absolute Gasteiger partial charge is 0.462 e. The van der Waals surface area contributed by atoms with E-state index >= 15 is 0 Å². The SMILES string of the molecule is CCOC(=O)c1ccccc1Nc1cnc(C(=O)N2CCOCC2)cn1. The van der Waals surface area contributed by atoms with Crippen LogP contribution >= 0.6 is 0 Å². The van der Waals surface area contributed by atoms with Gasteiger partial charge in [0.05, 0.1) is 43.5 Å². The molecule has 8 heteroatoms. The van der Waals surface area contributed by atoms with Gasteiger partial charge in [-0.3, -0.25) is 4.79 Å². The molecule has 1 fully saturated rings. The van der Waals surface area contributed by atoms with Crippen LogP contribution in [0.4, 0.5) is 11.5 Å². The number of amides is 1. The van der Waals surface area contributed by atoms with E-state index in [1.54, 1.807) is 36.1 Å². The summed E-state index contributed by atoms with van der Waals surface area (Å²) in [6.07, 6.45) is 2.89. The molecule has 3 rings (SSSR count). The third-order valence-electron chi connectivity index (χ3n) is 3.85. The van der Waals surface area contributed by atoms with Crippen LogP contribution in [0, 0.1) is 0 Å². The first kappa shape index (κ1) is 17.8. The molecule has 1 aliphatic heterocycles. The summed E-state index contributed by atoms with van der Waals surface area (Å²) in [5.41, 5.74) is 1.24. The highest BCUT2D eigenvalue weighted by molar-refractivity contribution is 5.96. The van der Waals surface area contributed by atoms with Gasteiger partial charge < -0.3 is 19.7 Å². The highest BCUT2D eigenvalue weighted by Gasteiger charge is 2.20. The fourth-order valence-corrected chi connectivity index (χ4v) is 2.55. The molecule has 136 valence electrons. The van der Waals surface area contributed by atoms with Crippen LogP contribution < -0.4 is 5.32 Å². The number of aromatic nitrogens is 2. The lowest BCUT2D eigenvalue weighted by molar-refractivity contribution is 0.0298. The summed E-state index contributed by atoms with van der Waals surface area (Å²) in [6.45, 7) is 4.21. The Balaban J connectivity index is 1.72. The van der Waals surface area contributed by atoms with E-state index < -0.39 is 5.97 Å². The van der Waals surface area contributed by atoms with Crippen molar-refractivity contribution in [3.8, 4) is 0 Å². The number of ether oxygens (including phenoxy) is 2. The van der Waals surface area contributed by atoms with E-state index in [2.05, 4.69) is 15.3 Å². The van der Waals surface area contributed by atoms with Gasteiger partial charge in [0.1, 0.15) is 11.5 Å². The number of esters is 1. The van der Waals surface area contributed by atoms with E-state index in [0.717, 1.165) is 0 Å². The normalized spacial score (nSPS) is 14.0. The predicted molar refractivity (Wildman–Crippen MR) is 94.4 cm³/mol. The smallest absolute Gasteiger partial charge is 0.340 e. The van der Waals surface area contributed by atoms with Crippen molar-refractivity contribution < 1.29 is 19.1 Å². The summed E-state index contributed by atoms with van der Waals surface area (Å²) in [6, 6.07) is 6.98. The molecule has 0 saturated carbocycles. The van der Waals surface area contributed by atoms with Gasteiger partial charge in [-0.05, 0) is 19.1 Å². The van der Waals surface area contributed by atoms with Gasteiger partial charge in [0.15, 0.2) is 0 Å². The molecule has 8 nitrogen and oxygen atoms in total. The fraction of sp³-hybridized carbons (Fsp3) is 0.333. The summed E-state index contributed by atoms with van der Waals surface area (Å²) in [5, 5.41) is 3.04.